The van der Waals surface area contributed by atoms with Crippen LogP contribution in [0.1, 0.15) is 11.1 Å². The van der Waals surface area contributed by atoms with Crippen molar-refractivity contribution in [3.63, 3.8) is 0 Å². The van der Waals surface area contributed by atoms with Crippen LogP contribution in [0, 0.1) is 17.0 Å². The molecule has 7 heteroatoms. The van der Waals surface area contributed by atoms with Crippen molar-refractivity contribution in [1.82, 2.24) is 0 Å². The molecule has 21 heavy (non-hydrogen) atoms. The van der Waals surface area contributed by atoms with E-state index in [0.29, 0.717) is 12.1 Å². The molecule has 0 atom stereocenters. The lowest BCUT2D eigenvalue weighted by Gasteiger charge is -2.12. The number of nitro benzene ring substituents is 1. The smallest absolute Gasteiger partial charge is 0.274 e. The topological polar surface area (TPSA) is 55.2 Å². The highest BCUT2D eigenvalue weighted by Gasteiger charge is 2.14. The van der Waals surface area contributed by atoms with Gasteiger partial charge in [-0.1, -0.05) is 15.9 Å². The van der Waals surface area contributed by atoms with Crippen LogP contribution in [0.15, 0.2) is 43.7 Å². The van der Waals surface area contributed by atoms with Gasteiger partial charge in [0.15, 0.2) is 0 Å². The van der Waals surface area contributed by atoms with Gasteiger partial charge < -0.3 is 5.32 Å². The molecule has 2 aromatic carbocycles. The van der Waals surface area contributed by atoms with Crippen molar-refractivity contribution in [3.8, 4) is 0 Å². The summed E-state index contributed by atoms with van der Waals surface area (Å²) in [5.74, 6) is 0. The van der Waals surface area contributed by atoms with Crippen molar-refractivity contribution in [2.75, 3.05) is 5.32 Å². The number of halogens is 3. The molecule has 2 aromatic rings. The van der Waals surface area contributed by atoms with Crippen LogP contribution in [0.2, 0.25) is 0 Å². The van der Waals surface area contributed by atoms with Crippen LogP contribution in [-0.2, 0) is 6.54 Å². The summed E-state index contributed by atoms with van der Waals surface area (Å²) in [7, 11) is 0. The van der Waals surface area contributed by atoms with Gasteiger partial charge in [0.05, 0.1) is 10.6 Å². The molecule has 0 spiro atoms. The van der Waals surface area contributed by atoms with E-state index in [2.05, 4.69) is 53.1 Å². The lowest BCUT2D eigenvalue weighted by atomic mass is 10.1. The average Bonchev–Trinajstić information content (AvgIpc) is 2.37. The van der Waals surface area contributed by atoms with Crippen molar-refractivity contribution >= 4 is 59.2 Å². The first kappa shape index (κ1) is 16.5. The molecule has 4 nitrogen and oxygen atoms in total. The minimum atomic E-state index is -0.372. The average molecular weight is 479 g/mol. The summed E-state index contributed by atoms with van der Waals surface area (Å²) in [5, 5.41) is 14.3. The van der Waals surface area contributed by atoms with E-state index in [1.54, 1.807) is 12.1 Å². The third-order valence-electron chi connectivity index (χ3n) is 2.88. The summed E-state index contributed by atoms with van der Waals surface area (Å²) in [4.78, 5) is 10.7. The lowest BCUT2D eigenvalue weighted by molar-refractivity contribution is -0.385. The van der Waals surface area contributed by atoms with E-state index >= 15 is 0 Å². The van der Waals surface area contributed by atoms with Crippen molar-refractivity contribution in [2.45, 2.75) is 13.5 Å². The summed E-state index contributed by atoms with van der Waals surface area (Å²) < 4.78 is 2.63. The first-order chi connectivity index (χ1) is 9.88. The molecule has 0 unspecified atom stereocenters. The van der Waals surface area contributed by atoms with E-state index < -0.39 is 0 Å². The van der Waals surface area contributed by atoms with Gasteiger partial charge in [-0.15, -0.1) is 0 Å². The van der Waals surface area contributed by atoms with E-state index in [-0.39, 0.29) is 10.6 Å². The Hall–Kier alpha value is -0.920. The Bertz CT molecular complexity index is 682. The number of anilines is 1. The maximum atomic E-state index is 11.1. The molecule has 0 radical (unpaired) electrons. The normalized spacial score (nSPS) is 10.5. The molecular formula is C14H11Br3N2O2. The number of benzene rings is 2. The van der Waals surface area contributed by atoms with Gasteiger partial charge in [0.2, 0.25) is 0 Å². The Balaban J connectivity index is 2.28. The van der Waals surface area contributed by atoms with Crippen LogP contribution in [0.3, 0.4) is 0 Å². The summed E-state index contributed by atoms with van der Waals surface area (Å²) in [5.41, 5.74) is 2.71. The van der Waals surface area contributed by atoms with Gasteiger partial charge in [-0.25, -0.2) is 0 Å². The predicted octanol–water partition coefficient (Wildman–Crippen LogP) is 5.80. The predicted molar refractivity (Wildman–Crippen MR) is 94.7 cm³/mol. The number of rotatable bonds is 4. The molecule has 110 valence electrons. The van der Waals surface area contributed by atoms with E-state index in [0.717, 1.165) is 24.7 Å². The number of nitro groups is 1. The zero-order valence-corrected chi connectivity index (χ0v) is 15.7. The highest BCUT2D eigenvalue weighted by atomic mass is 79.9. The summed E-state index contributed by atoms with van der Waals surface area (Å²) >= 11 is 10.3. The molecule has 0 aliphatic rings. The Labute approximate surface area is 147 Å². The molecule has 1 N–H and O–H groups in total. The van der Waals surface area contributed by atoms with Crippen LogP contribution in [0.5, 0.6) is 0 Å². The maximum Gasteiger partial charge on any atom is 0.274 e. The molecule has 0 aliphatic heterocycles. The fourth-order valence-corrected chi connectivity index (χ4v) is 4.03. The zero-order valence-electron chi connectivity index (χ0n) is 11.0. The first-order valence-corrected chi connectivity index (χ1v) is 8.38. The van der Waals surface area contributed by atoms with Crippen LogP contribution >= 0.6 is 47.8 Å². The molecular weight excluding hydrogens is 468 g/mol. The quantitative estimate of drug-likeness (QED) is 0.446. The summed E-state index contributed by atoms with van der Waals surface area (Å²) in [6.45, 7) is 2.36. The van der Waals surface area contributed by atoms with Crippen LogP contribution < -0.4 is 5.32 Å². The van der Waals surface area contributed by atoms with E-state index in [1.807, 2.05) is 19.1 Å². The highest BCUT2D eigenvalue weighted by molar-refractivity contribution is 9.11. The Morgan fingerprint density at radius 2 is 1.76 bits per heavy atom. The standard InChI is InChI=1S/C14H11Br3N2O2/c1-8-4-11(16)14(12(17)5-8)18-7-9-6-10(15)2-3-13(9)19(20)21/h2-6,18H,7H2,1H3. The van der Waals surface area contributed by atoms with E-state index in [1.165, 1.54) is 6.07 Å². The summed E-state index contributed by atoms with van der Waals surface area (Å²) in [6.07, 6.45) is 0. The second-order valence-electron chi connectivity index (χ2n) is 4.49. The minimum Gasteiger partial charge on any atom is -0.379 e. The van der Waals surface area contributed by atoms with Gasteiger partial charge in [-0.05, 0) is 68.6 Å². The van der Waals surface area contributed by atoms with Gasteiger partial charge in [-0.3, -0.25) is 10.1 Å². The maximum absolute atomic E-state index is 11.1. The van der Waals surface area contributed by atoms with Crippen molar-refractivity contribution in [2.24, 2.45) is 0 Å². The molecule has 0 fully saturated rings. The molecule has 0 bridgehead atoms. The van der Waals surface area contributed by atoms with Gasteiger partial charge in [0.1, 0.15) is 0 Å². The fourth-order valence-electron chi connectivity index (χ4n) is 1.93. The second-order valence-corrected chi connectivity index (χ2v) is 7.11. The molecule has 0 heterocycles. The molecule has 0 aliphatic carbocycles. The van der Waals surface area contributed by atoms with Crippen LogP contribution in [0.4, 0.5) is 11.4 Å². The van der Waals surface area contributed by atoms with Crippen LogP contribution in [0.25, 0.3) is 0 Å². The largest absolute Gasteiger partial charge is 0.379 e. The highest BCUT2D eigenvalue weighted by Crippen LogP contribution is 2.33. The molecule has 0 aromatic heterocycles. The molecule has 0 saturated heterocycles. The van der Waals surface area contributed by atoms with Crippen molar-refractivity contribution in [1.29, 1.82) is 0 Å². The zero-order chi connectivity index (χ0) is 15.6. The number of nitrogens with one attached hydrogen (secondary N) is 1. The molecule has 2 rings (SSSR count). The van der Waals surface area contributed by atoms with Crippen molar-refractivity contribution in [3.05, 3.63) is 65.0 Å². The Morgan fingerprint density at radius 3 is 2.33 bits per heavy atom. The fraction of sp³-hybridized carbons (Fsp3) is 0.143. The summed E-state index contributed by atoms with van der Waals surface area (Å²) in [6, 6.07) is 8.89. The van der Waals surface area contributed by atoms with Gasteiger partial charge in [0.25, 0.3) is 5.69 Å². The van der Waals surface area contributed by atoms with Gasteiger partial charge >= 0.3 is 0 Å². The first-order valence-electron chi connectivity index (χ1n) is 6.01. The van der Waals surface area contributed by atoms with Crippen LogP contribution in [-0.4, -0.2) is 4.92 Å². The van der Waals surface area contributed by atoms with Gasteiger partial charge in [0, 0.05) is 31.6 Å². The second kappa shape index (κ2) is 6.89. The SMILES string of the molecule is Cc1cc(Br)c(NCc2cc(Br)ccc2[N+](=O)[O-])c(Br)c1. The monoisotopic (exact) mass is 476 g/mol. The van der Waals surface area contributed by atoms with E-state index in [9.17, 15) is 10.1 Å². The minimum absolute atomic E-state index is 0.102. The number of hydrogen-bond acceptors (Lipinski definition) is 3. The number of aryl methyl sites for hydroxylation is 1. The van der Waals surface area contributed by atoms with Gasteiger partial charge in [-0.2, -0.15) is 0 Å². The van der Waals surface area contributed by atoms with E-state index in [4.69, 9.17) is 0 Å². The molecule has 0 amide bonds. The lowest BCUT2D eigenvalue weighted by Crippen LogP contribution is -2.04. The Kier molecular flexibility index (Phi) is 5.40. The number of hydrogen-bond donors (Lipinski definition) is 1. The van der Waals surface area contributed by atoms with Crippen molar-refractivity contribution < 1.29 is 4.92 Å². The Morgan fingerprint density at radius 1 is 1.14 bits per heavy atom. The third kappa shape index (κ3) is 4.05. The molecule has 0 saturated carbocycles. The number of nitrogens with zero attached hydrogens (tertiary/aromatic N) is 1. The third-order valence-corrected chi connectivity index (χ3v) is 4.62.